The molecule has 1 fully saturated rings. The normalized spacial score (nSPS) is 19.5. The summed E-state index contributed by atoms with van der Waals surface area (Å²) in [6, 6.07) is 3.65. The maximum Gasteiger partial charge on any atom is 0.241 e. The summed E-state index contributed by atoms with van der Waals surface area (Å²) in [6.45, 7) is 10.3. The standard InChI is InChI=1S/C17H26N2O3S/c1-11-8-13(17(3,4)5)9-12(2)16(11)23(21,22)19-14-6-7-15(20)18-10-14/h8-9,14,19H,6-7,10H2,1-5H3,(H,18,20)/t14-/m1/s1. The molecule has 1 amide bonds. The molecule has 128 valence electrons. The van der Waals surface area contributed by atoms with Gasteiger partial charge in [-0.3, -0.25) is 4.79 Å². The van der Waals surface area contributed by atoms with E-state index in [-0.39, 0.29) is 17.4 Å². The van der Waals surface area contributed by atoms with Gasteiger partial charge in [-0.25, -0.2) is 13.1 Å². The first-order valence-corrected chi connectivity index (χ1v) is 9.40. The zero-order valence-corrected chi connectivity index (χ0v) is 15.3. The van der Waals surface area contributed by atoms with Gasteiger partial charge < -0.3 is 5.32 Å². The summed E-state index contributed by atoms with van der Waals surface area (Å²) >= 11 is 0. The van der Waals surface area contributed by atoms with Gasteiger partial charge >= 0.3 is 0 Å². The summed E-state index contributed by atoms with van der Waals surface area (Å²) < 4.78 is 28.3. The summed E-state index contributed by atoms with van der Waals surface area (Å²) in [5.74, 6) is -0.0256. The van der Waals surface area contributed by atoms with Crippen LogP contribution in [0.4, 0.5) is 0 Å². The Bertz CT molecular complexity index is 685. The van der Waals surface area contributed by atoms with E-state index in [0.29, 0.717) is 24.3 Å². The number of carbonyl (C=O) groups is 1. The van der Waals surface area contributed by atoms with Gasteiger partial charge in [-0.1, -0.05) is 32.9 Å². The topological polar surface area (TPSA) is 75.3 Å². The fourth-order valence-electron chi connectivity index (χ4n) is 2.92. The summed E-state index contributed by atoms with van der Waals surface area (Å²) in [4.78, 5) is 11.5. The molecule has 1 saturated heterocycles. The van der Waals surface area contributed by atoms with Gasteiger partial charge in [-0.2, -0.15) is 0 Å². The molecule has 0 spiro atoms. The molecule has 5 nitrogen and oxygen atoms in total. The number of sulfonamides is 1. The Labute approximate surface area is 138 Å². The molecular weight excluding hydrogens is 312 g/mol. The number of nitrogens with one attached hydrogen (secondary N) is 2. The third-order valence-electron chi connectivity index (χ3n) is 4.18. The highest BCUT2D eigenvalue weighted by Crippen LogP contribution is 2.29. The van der Waals surface area contributed by atoms with Crippen molar-refractivity contribution in [1.29, 1.82) is 0 Å². The summed E-state index contributed by atoms with van der Waals surface area (Å²) in [5, 5.41) is 2.70. The Kier molecular flexibility index (Phi) is 4.87. The SMILES string of the molecule is Cc1cc(C(C)(C)C)cc(C)c1S(=O)(=O)N[C@@H]1CCC(=O)NC1. The zero-order chi connectivity index (χ0) is 17.4. The third kappa shape index (κ3) is 4.12. The Morgan fingerprint density at radius 1 is 1.17 bits per heavy atom. The minimum Gasteiger partial charge on any atom is -0.355 e. The van der Waals surface area contributed by atoms with Gasteiger partial charge in [0.25, 0.3) is 0 Å². The van der Waals surface area contributed by atoms with Crippen molar-refractivity contribution in [1.82, 2.24) is 10.0 Å². The van der Waals surface area contributed by atoms with Crippen LogP contribution < -0.4 is 10.0 Å². The lowest BCUT2D eigenvalue weighted by Crippen LogP contribution is -2.47. The highest BCUT2D eigenvalue weighted by molar-refractivity contribution is 7.89. The van der Waals surface area contributed by atoms with Gasteiger partial charge in [0.1, 0.15) is 0 Å². The Hall–Kier alpha value is -1.40. The quantitative estimate of drug-likeness (QED) is 0.887. The fraction of sp³-hybridized carbons (Fsp3) is 0.588. The van der Waals surface area contributed by atoms with Gasteiger partial charge in [0, 0.05) is 19.0 Å². The molecular formula is C17H26N2O3S. The van der Waals surface area contributed by atoms with Gasteiger partial charge in [0.2, 0.25) is 15.9 Å². The summed E-state index contributed by atoms with van der Waals surface area (Å²) in [5.41, 5.74) is 2.60. The first-order chi connectivity index (χ1) is 10.5. The molecule has 23 heavy (non-hydrogen) atoms. The van der Waals surface area contributed by atoms with Crippen LogP contribution in [0.5, 0.6) is 0 Å². The molecule has 0 radical (unpaired) electrons. The smallest absolute Gasteiger partial charge is 0.241 e. The number of benzene rings is 1. The molecule has 1 aliphatic rings. The van der Waals surface area contributed by atoms with Crippen LogP contribution in [0, 0.1) is 13.8 Å². The zero-order valence-electron chi connectivity index (χ0n) is 14.5. The molecule has 2 N–H and O–H groups in total. The van der Waals surface area contributed by atoms with Crippen LogP contribution in [0.1, 0.15) is 50.3 Å². The Morgan fingerprint density at radius 3 is 2.17 bits per heavy atom. The van der Waals surface area contributed by atoms with E-state index in [1.165, 1.54) is 0 Å². The van der Waals surface area contributed by atoms with E-state index >= 15 is 0 Å². The van der Waals surface area contributed by atoms with Gasteiger partial charge in [-0.15, -0.1) is 0 Å². The van der Waals surface area contributed by atoms with Crippen molar-refractivity contribution in [3.05, 3.63) is 28.8 Å². The number of rotatable bonds is 3. The molecule has 1 atom stereocenters. The van der Waals surface area contributed by atoms with Crippen molar-refractivity contribution in [2.24, 2.45) is 0 Å². The summed E-state index contributed by atoms with van der Waals surface area (Å²) in [6.07, 6.45) is 0.886. The monoisotopic (exact) mass is 338 g/mol. The molecule has 0 aliphatic carbocycles. The molecule has 1 aromatic carbocycles. The number of carbonyl (C=O) groups excluding carboxylic acids is 1. The maximum absolute atomic E-state index is 12.8. The largest absolute Gasteiger partial charge is 0.355 e. The van der Waals surface area contributed by atoms with E-state index in [9.17, 15) is 13.2 Å². The molecule has 1 aromatic rings. The minimum absolute atomic E-state index is 0.0256. The highest BCUT2D eigenvalue weighted by atomic mass is 32.2. The van der Waals surface area contributed by atoms with E-state index < -0.39 is 10.0 Å². The lowest BCUT2D eigenvalue weighted by Gasteiger charge is -2.25. The van der Waals surface area contributed by atoms with Crippen molar-refractivity contribution in [3.8, 4) is 0 Å². The molecule has 2 rings (SSSR count). The predicted octanol–water partition coefficient (Wildman–Crippen LogP) is 2.16. The van der Waals surface area contributed by atoms with Crippen LogP contribution in [0.2, 0.25) is 0 Å². The van der Waals surface area contributed by atoms with Crippen LogP contribution in [-0.2, 0) is 20.2 Å². The molecule has 6 heteroatoms. The second-order valence-electron chi connectivity index (χ2n) is 7.35. The lowest BCUT2D eigenvalue weighted by atomic mass is 9.85. The van der Waals surface area contributed by atoms with E-state index in [1.54, 1.807) is 0 Å². The Balaban J connectivity index is 2.31. The van der Waals surface area contributed by atoms with Crippen molar-refractivity contribution in [2.45, 2.75) is 63.8 Å². The number of hydrogen-bond donors (Lipinski definition) is 2. The lowest BCUT2D eigenvalue weighted by molar-refractivity contribution is -0.122. The summed E-state index contributed by atoms with van der Waals surface area (Å²) in [7, 11) is -3.60. The second kappa shape index (κ2) is 6.24. The first kappa shape index (κ1) is 17.9. The highest BCUT2D eigenvalue weighted by Gasteiger charge is 2.27. The van der Waals surface area contributed by atoms with Crippen LogP contribution in [0.25, 0.3) is 0 Å². The van der Waals surface area contributed by atoms with Gasteiger partial charge in [0.05, 0.1) is 4.90 Å². The van der Waals surface area contributed by atoms with Gasteiger partial charge in [0.15, 0.2) is 0 Å². The first-order valence-electron chi connectivity index (χ1n) is 7.91. The average Bonchev–Trinajstić information content (AvgIpc) is 2.39. The van der Waals surface area contributed by atoms with E-state index in [2.05, 4.69) is 30.8 Å². The molecule has 0 aromatic heterocycles. The van der Waals surface area contributed by atoms with Gasteiger partial charge in [-0.05, 0) is 42.4 Å². The maximum atomic E-state index is 12.8. The third-order valence-corrected chi connectivity index (χ3v) is 6.01. The van der Waals surface area contributed by atoms with Crippen LogP contribution in [0.3, 0.4) is 0 Å². The Morgan fingerprint density at radius 2 is 1.74 bits per heavy atom. The van der Waals surface area contributed by atoms with Crippen LogP contribution >= 0.6 is 0 Å². The van der Waals surface area contributed by atoms with Crippen molar-refractivity contribution in [3.63, 3.8) is 0 Å². The molecule has 1 heterocycles. The second-order valence-corrected chi connectivity index (χ2v) is 9.00. The molecule has 1 aliphatic heterocycles. The van der Waals surface area contributed by atoms with Crippen LogP contribution in [-0.4, -0.2) is 26.9 Å². The molecule has 0 saturated carbocycles. The number of amides is 1. The number of piperidine rings is 1. The van der Waals surface area contributed by atoms with Crippen molar-refractivity contribution >= 4 is 15.9 Å². The average molecular weight is 338 g/mol. The number of hydrogen-bond acceptors (Lipinski definition) is 3. The van der Waals surface area contributed by atoms with E-state index in [0.717, 1.165) is 16.7 Å². The fourth-order valence-corrected chi connectivity index (χ4v) is 4.64. The molecule has 0 unspecified atom stereocenters. The van der Waals surface area contributed by atoms with Crippen LogP contribution in [0.15, 0.2) is 17.0 Å². The predicted molar refractivity (Wildman–Crippen MR) is 91.0 cm³/mol. The van der Waals surface area contributed by atoms with E-state index in [1.807, 2.05) is 26.0 Å². The minimum atomic E-state index is -3.60. The van der Waals surface area contributed by atoms with Crippen molar-refractivity contribution in [2.75, 3.05) is 6.54 Å². The number of aryl methyl sites for hydroxylation is 2. The van der Waals surface area contributed by atoms with Crippen molar-refractivity contribution < 1.29 is 13.2 Å². The van der Waals surface area contributed by atoms with E-state index in [4.69, 9.17) is 0 Å². The molecule has 0 bridgehead atoms.